The van der Waals surface area contributed by atoms with E-state index in [9.17, 15) is 9.59 Å². The summed E-state index contributed by atoms with van der Waals surface area (Å²) in [6.07, 6.45) is 7.15. The van der Waals surface area contributed by atoms with Gasteiger partial charge in [0, 0.05) is 30.7 Å². The van der Waals surface area contributed by atoms with Crippen molar-refractivity contribution in [2.24, 2.45) is 0 Å². The number of hydrogen-bond acceptors (Lipinski definition) is 2. The molecule has 0 bridgehead atoms. The maximum absolute atomic E-state index is 12.1. The van der Waals surface area contributed by atoms with Crippen LogP contribution in [0.3, 0.4) is 0 Å². The summed E-state index contributed by atoms with van der Waals surface area (Å²) in [5.41, 5.74) is 0.825. The van der Waals surface area contributed by atoms with E-state index in [1.54, 1.807) is 4.90 Å². The largest absolute Gasteiger partial charge is 0.350 e. The van der Waals surface area contributed by atoms with E-state index < -0.39 is 0 Å². The lowest BCUT2D eigenvalue weighted by molar-refractivity contribution is -0.118. The van der Waals surface area contributed by atoms with Crippen molar-refractivity contribution in [1.29, 1.82) is 0 Å². The first kappa shape index (κ1) is 14.9. The van der Waals surface area contributed by atoms with Crippen LogP contribution in [0, 0.1) is 0 Å². The van der Waals surface area contributed by atoms with E-state index in [4.69, 9.17) is 0 Å². The number of nitrogens with zero attached hydrogens (tertiary/aromatic N) is 1. The Morgan fingerprint density at radius 2 is 2.00 bits per heavy atom. The van der Waals surface area contributed by atoms with Gasteiger partial charge in [-0.15, -0.1) is 0 Å². The lowest BCUT2D eigenvalue weighted by Crippen LogP contribution is -2.45. The summed E-state index contributed by atoms with van der Waals surface area (Å²) in [6, 6.07) is 0.440. The summed E-state index contributed by atoms with van der Waals surface area (Å²) in [5.74, 6) is 0.0563. The molecule has 0 spiro atoms. The lowest BCUT2D eigenvalue weighted by Gasteiger charge is -2.27. The van der Waals surface area contributed by atoms with Crippen LogP contribution in [-0.2, 0) is 4.79 Å². The molecule has 2 rings (SSSR count). The first-order valence-corrected chi connectivity index (χ1v) is 7.61. The van der Waals surface area contributed by atoms with Gasteiger partial charge in [-0.25, -0.2) is 4.79 Å². The molecule has 2 N–H and O–H groups in total. The highest BCUT2D eigenvalue weighted by Crippen LogP contribution is 2.19. The fourth-order valence-electron chi connectivity index (χ4n) is 2.75. The highest BCUT2D eigenvalue weighted by molar-refractivity contribution is 5.94. The third-order valence-corrected chi connectivity index (χ3v) is 3.89. The van der Waals surface area contributed by atoms with E-state index >= 15 is 0 Å². The van der Waals surface area contributed by atoms with Crippen LogP contribution in [0.4, 0.5) is 4.79 Å². The van der Waals surface area contributed by atoms with Crippen LogP contribution in [0.25, 0.3) is 0 Å². The summed E-state index contributed by atoms with van der Waals surface area (Å²) in [4.78, 5) is 25.7. The predicted octanol–water partition coefficient (Wildman–Crippen LogP) is 1.80. The number of amides is 3. The Labute approximate surface area is 120 Å². The molecule has 0 aromatic heterocycles. The molecule has 1 fully saturated rings. The van der Waals surface area contributed by atoms with E-state index in [2.05, 4.69) is 10.6 Å². The van der Waals surface area contributed by atoms with Crippen LogP contribution in [-0.4, -0.2) is 42.0 Å². The van der Waals surface area contributed by atoms with Crippen LogP contribution in [0.2, 0.25) is 0 Å². The number of carbonyl (C=O) groups is 2. The first-order valence-electron chi connectivity index (χ1n) is 7.61. The normalized spacial score (nSPS) is 19.9. The van der Waals surface area contributed by atoms with Crippen LogP contribution < -0.4 is 10.6 Å². The third-order valence-electron chi connectivity index (χ3n) is 3.89. The second-order valence-corrected chi connectivity index (χ2v) is 5.98. The van der Waals surface area contributed by atoms with Crippen molar-refractivity contribution in [3.05, 3.63) is 11.6 Å². The van der Waals surface area contributed by atoms with Crippen molar-refractivity contribution < 1.29 is 9.59 Å². The lowest BCUT2D eigenvalue weighted by atomic mass is 10.1. The molecule has 0 unspecified atom stereocenters. The summed E-state index contributed by atoms with van der Waals surface area (Å²) >= 11 is 0. The Morgan fingerprint density at radius 3 is 2.55 bits per heavy atom. The van der Waals surface area contributed by atoms with E-state index in [1.165, 1.54) is 12.8 Å². The highest BCUT2D eigenvalue weighted by atomic mass is 16.2. The zero-order valence-corrected chi connectivity index (χ0v) is 12.4. The average molecular weight is 279 g/mol. The zero-order chi connectivity index (χ0) is 14.5. The second kappa shape index (κ2) is 6.77. The van der Waals surface area contributed by atoms with Crippen molar-refractivity contribution in [3.63, 3.8) is 0 Å². The smallest absolute Gasteiger partial charge is 0.317 e. The van der Waals surface area contributed by atoms with Gasteiger partial charge in [-0.2, -0.15) is 0 Å². The fraction of sp³-hybridized carbons (Fsp3) is 0.733. The van der Waals surface area contributed by atoms with Gasteiger partial charge < -0.3 is 15.5 Å². The van der Waals surface area contributed by atoms with Gasteiger partial charge in [0.05, 0.1) is 0 Å². The molecular weight excluding hydrogens is 254 g/mol. The third kappa shape index (κ3) is 3.99. The standard InChI is InChI=1S/C15H25N3O2/c1-11(2)16-15(20)18-9-7-12(8-10-18)14(19)17-13-5-3-4-6-13/h7,11,13H,3-6,8-10H2,1-2H3,(H,16,20)(H,17,19). The molecule has 1 heterocycles. The molecule has 20 heavy (non-hydrogen) atoms. The highest BCUT2D eigenvalue weighted by Gasteiger charge is 2.23. The quantitative estimate of drug-likeness (QED) is 0.827. The maximum Gasteiger partial charge on any atom is 0.317 e. The topological polar surface area (TPSA) is 61.4 Å². The molecule has 3 amide bonds. The molecular formula is C15H25N3O2. The Bertz CT molecular complexity index is 398. The zero-order valence-electron chi connectivity index (χ0n) is 12.4. The molecule has 0 aromatic carbocycles. The summed E-state index contributed by atoms with van der Waals surface area (Å²) in [5, 5.41) is 5.97. The summed E-state index contributed by atoms with van der Waals surface area (Å²) in [7, 11) is 0. The molecule has 1 saturated carbocycles. The molecule has 5 nitrogen and oxygen atoms in total. The minimum absolute atomic E-state index is 0.0495. The van der Waals surface area contributed by atoms with Crippen molar-refractivity contribution in [1.82, 2.24) is 15.5 Å². The van der Waals surface area contributed by atoms with Crippen molar-refractivity contribution >= 4 is 11.9 Å². The van der Waals surface area contributed by atoms with E-state index in [0.717, 1.165) is 18.4 Å². The fourth-order valence-corrected chi connectivity index (χ4v) is 2.75. The monoisotopic (exact) mass is 279 g/mol. The number of rotatable bonds is 3. The number of nitrogens with one attached hydrogen (secondary N) is 2. The van der Waals surface area contributed by atoms with Gasteiger partial charge in [0.2, 0.25) is 5.91 Å². The van der Waals surface area contributed by atoms with Crippen molar-refractivity contribution in [3.8, 4) is 0 Å². The molecule has 0 atom stereocenters. The molecule has 5 heteroatoms. The summed E-state index contributed by atoms with van der Waals surface area (Å²) in [6.45, 7) is 5.02. The van der Waals surface area contributed by atoms with Crippen LogP contribution in [0.15, 0.2) is 11.6 Å². The van der Waals surface area contributed by atoms with Gasteiger partial charge in [-0.05, 0) is 33.1 Å². The van der Waals surface area contributed by atoms with Crippen LogP contribution in [0.5, 0.6) is 0 Å². The molecule has 0 radical (unpaired) electrons. The SMILES string of the molecule is CC(C)NC(=O)N1CC=C(C(=O)NC2CCCC2)CC1. The second-order valence-electron chi connectivity index (χ2n) is 5.98. The van der Waals surface area contributed by atoms with Gasteiger partial charge in [0.15, 0.2) is 0 Å². The number of carbonyl (C=O) groups excluding carboxylic acids is 2. The Hall–Kier alpha value is -1.52. The molecule has 0 aromatic rings. The molecule has 1 aliphatic carbocycles. The van der Waals surface area contributed by atoms with Gasteiger partial charge >= 0.3 is 6.03 Å². The molecule has 1 aliphatic heterocycles. The van der Waals surface area contributed by atoms with Crippen LogP contribution in [0.1, 0.15) is 46.0 Å². The van der Waals surface area contributed by atoms with E-state index in [1.807, 2.05) is 19.9 Å². The molecule has 112 valence electrons. The maximum atomic E-state index is 12.1. The molecule has 0 saturated heterocycles. The van der Waals surface area contributed by atoms with Gasteiger partial charge in [-0.1, -0.05) is 18.9 Å². The predicted molar refractivity (Wildman–Crippen MR) is 78.3 cm³/mol. The minimum atomic E-state index is -0.0495. The molecule has 2 aliphatic rings. The van der Waals surface area contributed by atoms with E-state index in [0.29, 0.717) is 25.6 Å². The number of urea groups is 1. The first-order chi connectivity index (χ1) is 9.56. The Balaban J connectivity index is 1.82. The number of hydrogen-bond donors (Lipinski definition) is 2. The minimum Gasteiger partial charge on any atom is -0.350 e. The van der Waals surface area contributed by atoms with Crippen molar-refractivity contribution in [2.75, 3.05) is 13.1 Å². The van der Waals surface area contributed by atoms with Gasteiger partial charge in [-0.3, -0.25) is 4.79 Å². The van der Waals surface area contributed by atoms with E-state index in [-0.39, 0.29) is 18.0 Å². The van der Waals surface area contributed by atoms with Gasteiger partial charge in [0.1, 0.15) is 0 Å². The average Bonchev–Trinajstić information content (AvgIpc) is 2.91. The Morgan fingerprint density at radius 1 is 1.30 bits per heavy atom. The van der Waals surface area contributed by atoms with Crippen molar-refractivity contribution in [2.45, 2.75) is 58.0 Å². The summed E-state index contributed by atoms with van der Waals surface area (Å²) < 4.78 is 0. The van der Waals surface area contributed by atoms with Crippen LogP contribution >= 0.6 is 0 Å². The van der Waals surface area contributed by atoms with Gasteiger partial charge in [0.25, 0.3) is 0 Å². The Kier molecular flexibility index (Phi) is 5.04.